The number of rotatable bonds is 2. The Morgan fingerprint density at radius 3 is 3.12 bits per heavy atom. The molecule has 3 atom stereocenters. The van der Waals surface area contributed by atoms with Gasteiger partial charge in [-0.25, -0.2) is 0 Å². The lowest BCUT2D eigenvalue weighted by molar-refractivity contribution is 0.0978. The lowest BCUT2D eigenvalue weighted by atomic mass is 9.80. The van der Waals surface area contributed by atoms with Crippen LogP contribution >= 0.6 is 0 Å². The minimum Gasteiger partial charge on any atom is -0.391 e. The van der Waals surface area contributed by atoms with Gasteiger partial charge < -0.3 is 10.4 Å². The van der Waals surface area contributed by atoms with Crippen molar-refractivity contribution >= 4 is 0 Å². The van der Waals surface area contributed by atoms with Gasteiger partial charge in [-0.1, -0.05) is 6.07 Å². The first kappa shape index (κ1) is 11.2. The highest BCUT2D eigenvalue weighted by Crippen LogP contribution is 2.34. The fourth-order valence-electron chi connectivity index (χ4n) is 3.26. The van der Waals surface area contributed by atoms with Gasteiger partial charge in [0, 0.05) is 23.9 Å². The number of aromatic nitrogens is 1. The molecule has 0 amide bonds. The summed E-state index contributed by atoms with van der Waals surface area (Å²) in [7, 11) is 0. The average molecular weight is 232 g/mol. The van der Waals surface area contributed by atoms with Crippen LogP contribution in [0.25, 0.3) is 0 Å². The van der Waals surface area contributed by atoms with Crippen molar-refractivity contribution in [3.05, 3.63) is 29.6 Å². The van der Waals surface area contributed by atoms with Gasteiger partial charge in [-0.2, -0.15) is 0 Å². The van der Waals surface area contributed by atoms with E-state index in [4.69, 9.17) is 0 Å². The van der Waals surface area contributed by atoms with Crippen LogP contribution in [0.1, 0.15) is 42.9 Å². The van der Waals surface area contributed by atoms with Gasteiger partial charge >= 0.3 is 0 Å². The Bertz CT molecular complexity index is 388. The summed E-state index contributed by atoms with van der Waals surface area (Å²) in [5, 5.41) is 13.9. The molecule has 0 radical (unpaired) electrons. The molecule has 17 heavy (non-hydrogen) atoms. The SMILES string of the molecule is OC(C1CCCN1)C1CCCc2cccnc21. The van der Waals surface area contributed by atoms with Gasteiger partial charge in [0.25, 0.3) is 0 Å². The second kappa shape index (κ2) is 4.75. The van der Waals surface area contributed by atoms with Crippen LogP contribution < -0.4 is 5.32 Å². The highest BCUT2D eigenvalue weighted by Gasteiger charge is 2.33. The molecule has 3 heteroatoms. The van der Waals surface area contributed by atoms with Crippen LogP contribution in [0.15, 0.2) is 18.3 Å². The Kier molecular flexibility index (Phi) is 3.12. The van der Waals surface area contributed by atoms with Crippen molar-refractivity contribution in [3.63, 3.8) is 0 Å². The molecule has 0 spiro atoms. The van der Waals surface area contributed by atoms with E-state index in [1.165, 1.54) is 18.4 Å². The zero-order valence-corrected chi connectivity index (χ0v) is 10.1. The molecule has 0 saturated carbocycles. The number of pyridine rings is 1. The molecule has 1 aliphatic carbocycles. The number of aryl methyl sites for hydroxylation is 1. The van der Waals surface area contributed by atoms with Crippen molar-refractivity contribution in [3.8, 4) is 0 Å². The molecule has 3 nitrogen and oxygen atoms in total. The lowest BCUT2D eigenvalue weighted by Gasteiger charge is -2.31. The molecule has 3 rings (SSSR count). The topological polar surface area (TPSA) is 45.1 Å². The van der Waals surface area contributed by atoms with Gasteiger partial charge in [0.05, 0.1) is 6.10 Å². The summed E-state index contributed by atoms with van der Waals surface area (Å²) >= 11 is 0. The molecule has 2 N–H and O–H groups in total. The molecule has 3 unspecified atom stereocenters. The van der Waals surface area contributed by atoms with Crippen LogP contribution in [0.4, 0.5) is 0 Å². The second-order valence-corrected chi connectivity index (χ2v) is 5.24. The molecule has 92 valence electrons. The molecule has 0 aromatic carbocycles. The number of hydrogen-bond acceptors (Lipinski definition) is 3. The van der Waals surface area contributed by atoms with Gasteiger partial charge in [-0.05, 0) is 50.3 Å². The maximum Gasteiger partial charge on any atom is 0.0776 e. The monoisotopic (exact) mass is 232 g/mol. The highest BCUT2D eigenvalue weighted by molar-refractivity contribution is 5.27. The summed E-state index contributed by atoms with van der Waals surface area (Å²) in [6.07, 6.45) is 7.22. The summed E-state index contributed by atoms with van der Waals surface area (Å²) in [4.78, 5) is 4.51. The zero-order valence-electron chi connectivity index (χ0n) is 10.1. The third kappa shape index (κ3) is 2.09. The molecule has 1 saturated heterocycles. The standard InChI is InChI=1S/C14H20N2O/c17-14(12-7-3-8-15-12)11-6-1-4-10-5-2-9-16-13(10)11/h2,5,9,11-12,14-15,17H,1,3-4,6-8H2. The molecule has 1 aromatic heterocycles. The van der Waals surface area contributed by atoms with E-state index in [-0.39, 0.29) is 18.1 Å². The minimum absolute atomic E-state index is 0.232. The fraction of sp³-hybridized carbons (Fsp3) is 0.643. The third-order valence-corrected chi connectivity index (χ3v) is 4.16. The largest absolute Gasteiger partial charge is 0.391 e. The first-order valence-electron chi connectivity index (χ1n) is 6.71. The Balaban J connectivity index is 1.84. The van der Waals surface area contributed by atoms with E-state index in [9.17, 15) is 5.11 Å². The Labute approximate surface area is 102 Å². The van der Waals surface area contributed by atoms with E-state index in [2.05, 4.69) is 16.4 Å². The molecule has 0 bridgehead atoms. The molecule has 1 fully saturated rings. The lowest BCUT2D eigenvalue weighted by Crippen LogP contribution is -2.40. The summed E-state index contributed by atoms with van der Waals surface area (Å²) in [5.74, 6) is 0.232. The van der Waals surface area contributed by atoms with Gasteiger partial charge in [-0.15, -0.1) is 0 Å². The predicted octanol–water partition coefficient (Wildman–Crippen LogP) is 1.61. The first-order valence-corrected chi connectivity index (χ1v) is 6.71. The maximum absolute atomic E-state index is 10.5. The molecular weight excluding hydrogens is 212 g/mol. The van der Waals surface area contributed by atoms with Crippen LogP contribution in [0.2, 0.25) is 0 Å². The van der Waals surface area contributed by atoms with Crippen LogP contribution in [0.3, 0.4) is 0 Å². The van der Waals surface area contributed by atoms with Crippen molar-refractivity contribution in [2.75, 3.05) is 6.54 Å². The van der Waals surface area contributed by atoms with Crippen molar-refractivity contribution < 1.29 is 5.11 Å². The maximum atomic E-state index is 10.5. The first-order chi connectivity index (χ1) is 8.36. The molecule has 2 aliphatic rings. The van der Waals surface area contributed by atoms with E-state index >= 15 is 0 Å². The Morgan fingerprint density at radius 2 is 2.29 bits per heavy atom. The quantitative estimate of drug-likeness (QED) is 0.814. The van der Waals surface area contributed by atoms with Crippen molar-refractivity contribution in [2.45, 2.75) is 50.2 Å². The number of aliphatic hydroxyl groups excluding tert-OH is 1. The number of nitrogens with one attached hydrogen (secondary N) is 1. The van der Waals surface area contributed by atoms with Gasteiger partial charge in [0.1, 0.15) is 0 Å². The fourth-order valence-corrected chi connectivity index (χ4v) is 3.26. The molecule has 1 aromatic rings. The summed E-state index contributed by atoms with van der Waals surface area (Å²) in [6.45, 7) is 1.05. The van der Waals surface area contributed by atoms with Crippen LogP contribution in [-0.2, 0) is 6.42 Å². The second-order valence-electron chi connectivity index (χ2n) is 5.24. The highest BCUT2D eigenvalue weighted by atomic mass is 16.3. The summed E-state index contributed by atoms with van der Waals surface area (Å²) in [6, 6.07) is 4.43. The van der Waals surface area contributed by atoms with E-state index in [1.54, 1.807) is 0 Å². The van der Waals surface area contributed by atoms with Crippen molar-refractivity contribution in [2.24, 2.45) is 0 Å². The zero-order chi connectivity index (χ0) is 11.7. The number of fused-ring (bicyclic) bond motifs is 1. The predicted molar refractivity (Wildman–Crippen MR) is 66.9 cm³/mol. The number of hydrogen-bond donors (Lipinski definition) is 2. The van der Waals surface area contributed by atoms with Crippen LogP contribution in [-0.4, -0.2) is 28.8 Å². The van der Waals surface area contributed by atoms with Crippen molar-refractivity contribution in [1.82, 2.24) is 10.3 Å². The average Bonchev–Trinajstić information content (AvgIpc) is 2.91. The van der Waals surface area contributed by atoms with Crippen molar-refractivity contribution in [1.29, 1.82) is 0 Å². The van der Waals surface area contributed by atoms with E-state index in [1.807, 2.05) is 12.3 Å². The summed E-state index contributed by atoms with van der Waals surface area (Å²) < 4.78 is 0. The van der Waals surface area contributed by atoms with Gasteiger partial charge in [0.15, 0.2) is 0 Å². The minimum atomic E-state index is -0.272. The van der Waals surface area contributed by atoms with Gasteiger partial charge in [-0.3, -0.25) is 4.98 Å². The van der Waals surface area contributed by atoms with Crippen LogP contribution in [0, 0.1) is 0 Å². The number of nitrogens with zero attached hydrogens (tertiary/aromatic N) is 1. The Hall–Kier alpha value is -0.930. The van der Waals surface area contributed by atoms with E-state index in [0.29, 0.717) is 0 Å². The van der Waals surface area contributed by atoms with E-state index in [0.717, 1.165) is 31.5 Å². The Morgan fingerprint density at radius 1 is 1.35 bits per heavy atom. The molecule has 1 aliphatic heterocycles. The normalized spacial score (nSPS) is 29.9. The van der Waals surface area contributed by atoms with Gasteiger partial charge in [0.2, 0.25) is 0 Å². The molecule has 2 heterocycles. The van der Waals surface area contributed by atoms with Crippen LogP contribution in [0.5, 0.6) is 0 Å². The third-order valence-electron chi connectivity index (χ3n) is 4.16. The smallest absolute Gasteiger partial charge is 0.0776 e. The molecular formula is C14H20N2O. The van der Waals surface area contributed by atoms with E-state index < -0.39 is 0 Å². The summed E-state index contributed by atoms with van der Waals surface area (Å²) in [5.41, 5.74) is 2.47. The number of aliphatic hydroxyl groups is 1.